The van der Waals surface area contributed by atoms with Crippen molar-refractivity contribution in [3.63, 3.8) is 0 Å². The van der Waals surface area contributed by atoms with Crippen molar-refractivity contribution >= 4 is 6.03 Å². The molecule has 0 aliphatic carbocycles. The summed E-state index contributed by atoms with van der Waals surface area (Å²) in [5, 5.41) is 14.6. The summed E-state index contributed by atoms with van der Waals surface area (Å²) in [5.41, 5.74) is 4.12. The first-order valence-electron chi connectivity index (χ1n) is 3.88. The molecule has 0 radical (unpaired) electrons. The van der Waals surface area contributed by atoms with Crippen LogP contribution in [0.15, 0.2) is 0 Å². The number of primary amides is 1. The Balaban J connectivity index is 3.17. The molecule has 0 unspecified atom stereocenters. The second-order valence-electron chi connectivity index (χ2n) is 3.28. The third kappa shape index (κ3) is 9.19. The number of nitrogens with two attached hydrogens (primary N) is 1. The number of urea groups is 1. The maximum Gasteiger partial charge on any atom is 0.312 e. The van der Waals surface area contributed by atoms with Crippen LogP contribution in [0.1, 0.15) is 13.8 Å². The van der Waals surface area contributed by atoms with Crippen LogP contribution in [0.3, 0.4) is 0 Å². The highest BCUT2D eigenvalue weighted by atomic mass is 16.3. The van der Waals surface area contributed by atoms with Gasteiger partial charge in [0.1, 0.15) is 0 Å². The summed E-state index contributed by atoms with van der Waals surface area (Å²) >= 11 is 0. The minimum Gasteiger partial charge on any atom is -0.389 e. The first kappa shape index (κ1) is 11.2. The fourth-order valence-corrected chi connectivity index (χ4v) is 0.668. The lowest BCUT2D eigenvalue weighted by atomic mass is 10.1. The maximum absolute atomic E-state index is 10.2. The zero-order valence-electron chi connectivity index (χ0n) is 7.55. The van der Waals surface area contributed by atoms with E-state index in [2.05, 4.69) is 10.6 Å². The lowest BCUT2D eigenvalue weighted by molar-refractivity contribution is 0.0802. The van der Waals surface area contributed by atoms with Crippen LogP contribution in [-0.2, 0) is 0 Å². The number of hydrogen-bond acceptors (Lipinski definition) is 3. The molecule has 0 bridgehead atoms. The lowest BCUT2D eigenvalue weighted by Gasteiger charge is -2.17. The first-order valence-corrected chi connectivity index (χ1v) is 3.88. The van der Waals surface area contributed by atoms with Crippen LogP contribution in [-0.4, -0.2) is 36.4 Å². The minimum absolute atomic E-state index is 0.478. The molecule has 0 aliphatic rings. The quantitative estimate of drug-likeness (QED) is 0.405. The molecule has 0 aromatic rings. The van der Waals surface area contributed by atoms with Crippen molar-refractivity contribution in [2.24, 2.45) is 5.73 Å². The van der Waals surface area contributed by atoms with E-state index < -0.39 is 11.6 Å². The van der Waals surface area contributed by atoms with Crippen LogP contribution in [0.4, 0.5) is 4.79 Å². The number of hydrogen-bond donors (Lipinski definition) is 4. The Morgan fingerprint density at radius 1 is 1.50 bits per heavy atom. The minimum atomic E-state index is -0.716. The Kier molecular flexibility index (Phi) is 4.61. The average molecular weight is 175 g/mol. The molecule has 5 N–H and O–H groups in total. The molecule has 12 heavy (non-hydrogen) atoms. The van der Waals surface area contributed by atoms with Gasteiger partial charge in [-0.3, -0.25) is 0 Å². The zero-order valence-corrected chi connectivity index (χ0v) is 7.55. The van der Waals surface area contributed by atoms with E-state index >= 15 is 0 Å². The van der Waals surface area contributed by atoms with Crippen LogP contribution >= 0.6 is 0 Å². The number of rotatable bonds is 5. The van der Waals surface area contributed by atoms with Crippen molar-refractivity contribution in [2.45, 2.75) is 19.4 Å². The molecule has 5 heteroatoms. The van der Waals surface area contributed by atoms with Crippen molar-refractivity contribution in [3.8, 4) is 0 Å². The van der Waals surface area contributed by atoms with Crippen LogP contribution in [0, 0.1) is 0 Å². The molecule has 0 saturated carbocycles. The van der Waals surface area contributed by atoms with E-state index in [1.165, 1.54) is 0 Å². The summed E-state index contributed by atoms with van der Waals surface area (Å²) in [5.74, 6) is 0. The Bertz CT molecular complexity index is 142. The molecule has 5 nitrogen and oxygen atoms in total. The van der Waals surface area contributed by atoms with Gasteiger partial charge in [0.2, 0.25) is 0 Å². The van der Waals surface area contributed by atoms with Gasteiger partial charge in [-0.1, -0.05) is 0 Å². The summed E-state index contributed by atoms with van der Waals surface area (Å²) in [6.45, 7) is 4.99. The number of amides is 2. The Labute approximate surface area is 72.3 Å². The Morgan fingerprint density at radius 3 is 2.50 bits per heavy atom. The second-order valence-corrected chi connectivity index (χ2v) is 3.28. The van der Waals surface area contributed by atoms with E-state index in [1.54, 1.807) is 13.8 Å². The molecular weight excluding hydrogens is 158 g/mol. The number of carbonyl (C=O) groups excluding carboxylic acids is 1. The first-order chi connectivity index (χ1) is 5.42. The third-order valence-corrected chi connectivity index (χ3v) is 1.16. The summed E-state index contributed by atoms with van der Waals surface area (Å²) in [6, 6.07) is -0.528. The predicted molar refractivity (Wildman–Crippen MR) is 46.8 cm³/mol. The van der Waals surface area contributed by atoms with Gasteiger partial charge in [0.05, 0.1) is 5.60 Å². The second kappa shape index (κ2) is 4.95. The molecule has 72 valence electrons. The van der Waals surface area contributed by atoms with E-state index in [0.29, 0.717) is 19.6 Å². The largest absolute Gasteiger partial charge is 0.389 e. The van der Waals surface area contributed by atoms with Crippen LogP contribution in [0.25, 0.3) is 0 Å². The zero-order chi connectivity index (χ0) is 9.61. The van der Waals surface area contributed by atoms with Gasteiger partial charge in [0, 0.05) is 19.6 Å². The molecule has 0 fully saturated rings. The Morgan fingerprint density at radius 2 is 2.08 bits per heavy atom. The molecule has 0 saturated heterocycles. The number of nitrogens with one attached hydrogen (secondary N) is 2. The lowest BCUT2D eigenvalue weighted by Crippen LogP contribution is -2.40. The smallest absolute Gasteiger partial charge is 0.312 e. The van der Waals surface area contributed by atoms with Crippen molar-refractivity contribution in [2.75, 3.05) is 19.6 Å². The molecule has 0 rings (SSSR count). The summed E-state index contributed by atoms with van der Waals surface area (Å²) in [7, 11) is 0. The van der Waals surface area contributed by atoms with Gasteiger partial charge in [0.25, 0.3) is 0 Å². The summed E-state index contributed by atoms with van der Waals surface area (Å²) in [6.07, 6.45) is 0. The van der Waals surface area contributed by atoms with E-state index in [9.17, 15) is 9.90 Å². The topological polar surface area (TPSA) is 87.4 Å². The highest BCUT2D eigenvalue weighted by molar-refractivity contribution is 5.71. The number of carbonyl (C=O) groups is 1. The summed E-state index contributed by atoms with van der Waals surface area (Å²) < 4.78 is 0. The van der Waals surface area contributed by atoms with Gasteiger partial charge in [-0.25, -0.2) is 4.79 Å². The standard InChI is InChI=1S/C7H17N3O2/c1-7(2,12)5-9-3-4-10-6(8)11/h9,12H,3-5H2,1-2H3,(H3,8,10,11). The van der Waals surface area contributed by atoms with Gasteiger partial charge in [-0.15, -0.1) is 0 Å². The summed E-state index contributed by atoms with van der Waals surface area (Å²) in [4.78, 5) is 10.2. The maximum atomic E-state index is 10.2. The van der Waals surface area contributed by atoms with Crippen LogP contribution in [0.2, 0.25) is 0 Å². The molecule has 0 aliphatic heterocycles. The normalized spacial score (nSPS) is 11.2. The van der Waals surface area contributed by atoms with Gasteiger partial charge >= 0.3 is 6.03 Å². The van der Waals surface area contributed by atoms with Crippen molar-refractivity contribution in [1.82, 2.24) is 10.6 Å². The highest BCUT2D eigenvalue weighted by Crippen LogP contribution is 1.95. The average Bonchev–Trinajstić information content (AvgIpc) is 1.83. The van der Waals surface area contributed by atoms with Crippen LogP contribution in [0.5, 0.6) is 0 Å². The van der Waals surface area contributed by atoms with E-state index in [-0.39, 0.29) is 0 Å². The van der Waals surface area contributed by atoms with Gasteiger partial charge in [-0.2, -0.15) is 0 Å². The molecule has 2 amide bonds. The van der Waals surface area contributed by atoms with Gasteiger partial charge in [-0.05, 0) is 13.8 Å². The SMILES string of the molecule is CC(C)(O)CNCCNC(N)=O. The fraction of sp³-hybridized carbons (Fsp3) is 0.857. The van der Waals surface area contributed by atoms with Crippen LogP contribution < -0.4 is 16.4 Å². The monoisotopic (exact) mass is 175 g/mol. The fourth-order valence-electron chi connectivity index (χ4n) is 0.668. The highest BCUT2D eigenvalue weighted by Gasteiger charge is 2.10. The predicted octanol–water partition coefficient (Wildman–Crippen LogP) is -0.985. The molecule has 0 heterocycles. The van der Waals surface area contributed by atoms with Crippen molar-refractivity contribution in [3.05, 3.63) is 0 Å². The molecular formula is C7H17N3O2. The van der Waals surface area contributed by atoms with E-state index in [1.807, 2.05) is 0 Å². The van der Waals surface area contributed by atoms with Gasteiger partial charge < -0.3 is 21.5 Å². The van der Waals surface area contributed by atoms with E-state index in [4.69, 9.17) is 5.73 Å². The molecule has 0 spiro atoms. The van der Waals surface area contributed by atoms with Crippen molar-refractivity contribution < 1.29 is 9.90 Å². The van der Waals surface area contributed by atoms with Gasteiger partial charge in [0.15, 0.2) is 0 Å². The molecule has 0 atom stereocenters. The van der Waals surface area contributed by atoms with Crippen molar-refractivity contribution in [1.29, 1.82) is 0 Å². The molecule has 0 aromatic carbocycles. The molecule has 0 aromatic heterocycles. The third-order valence-electron chi connectivity index (χ3n) is 1.16. The van der Waals surface area contributed by atoms with E-state index in [0.717, 1.165) is 0 Å². The Hall–Kier alpha value is -0.810. The number of aliphatic hydroxyl groups is 1.